The van der Waals surface area contributed by atoms with Crippen LogP contribution in [0.1, 0.15) is 64.6 Å². The van der Waals surface area contributed by atoms with E-state index >= 15 is 0 Å². The molecular formula is C18H28N2O. The van der Waals surface area contributed by atoms with Gasteiger partial charge in [-0.05, 0) is 38.3 Å². The smallest absolute Gasteiger partial charge is 0.249 e. The first-order valence-corrected chi connectivity index (χ1v) is 7.98. The Labute approximate surface area is 129 Å². The Morgan fingerprint density at radius 2 is 2.10 bits per heavy atom. The molecule has 0 N–H and O–H groups in total. The standard InChI is InChI=1S/C18H28N2O/c1-5-7-8-12-16(11-6-2)18(21)20(4)15(3)17-13-9-10-14-19-17/h9-11,13-15H,5-8,12H2,1-4H3. The summed E-state index contributed by atoms with van der Waals surface area (Å²) < 4.78 is 0. The van der Waals surface area contributed by atoms with Gasteiger partial charge < -0.3 is 4.90 Å². The highest BCUT2D eigenvalue weighted by Gasteiger charge is 2.20. The number of carbonyl (C=O) groups is 1. The van der Waals surface area contributed by atoms with Gasteiger partial charge in [0.25, 0.3) is 0 Å². The summed E-state index contributed by atoms with van der Waals surface area (Å²) in [7, 11) is 1.87. The third kappa shape index (κ3) is 5.33. The molecule has 0 saturated heterocycles. The lowest BCUT2D eigenvalue weighted by Crippen LogP contribution is -2.31. The Morgan fingerprint density at radius 3 is 2.67 bits per heavy atom. The van der Waals surface area contributed by atoms with Crippen LogP contribution in [0.15, 0.2) is 36.0 Å². The number of amides is 1. The highest BCUT2D eigenvalue weighted by atomic mass is 16.2. The number of hydrogen-bond donors (Lipinski definition) is 0. The Bertz CT molecular complexity index is 454. The summed E-state index contributed by atoms with van der Waals surface area (Å²) in [6, 6.07) is 5.81. The number of unbranched alkanes of at least 4 members (excludes halogenated alkanes) is 2. The van der Waals surface area contributed by atoms with E-state index in [4.69, 9.17) is 0 Å². The quantitative estimate of drug-likeness (QED) is 0.520. The monoisotopic (exact) mass is 288 g/mol. The van der Waals surface area contributed by atoms with E-state index in [9.17, 15) is 4.79 Å². The average Bonchev–Trinajstić information content (AvgIpc) is 2.53. The summed E-state index contributed by atoms with van der Waals surface area (Å²) in [6.45, 7) is 6.28. The fraction of sp³-hybridized carbons (Fsp3) is 0.556. The normalized spacial score (nSPS) is 13.0. The van der Waals surface area contributed by atoms with Gasteiger partial charge in [0.15, 0.2) is 0 Å². The van der Waals surface area contributed by atoms with E-state index in [0.29, 0.717) is 0 Å². The van der Waals surface area contributed by atoms with Crippen LogP contribution in [0.25, 0.3) is 0 Å². The van der Waals surface area contributed by atoms with Crippen LogP contribution in [0.2, 0.25) is 0 Å². The maximum Gasteiger partial charge on any atom is 0.249 e. The topological polar surface area (TPSA) is 33.2 Å². The molecule has 1 heterocycles. The van der Waals surface area contributed by atoms with E-state index in [1.807, 2.05) is 32.2 Å². The molecule has 0 aliphatic rings. The summed E-state index contributed by atoms with van der Waals surface area (Å²) in [5.74, 6) is 0.131. The second-order valence-electron chi connectivity index (χ2n) is 5.44. The van der Waals surface area contributed by atoms with Crippen molar-refractivity contribution in [1.82, 2.24) is 9.88 Å². The minimum Gasteiger partial charge on any atom is -0.334 e. The van der Waals surface area contributed by atoms with E-state index in [1.165, 1.54) is 12.8 Å². The van der Waals surface area contributed by atoms with Gasteiger partial charge in [-0.15, -0.1) is 0 Å². The van der Waals surface area contributed by atoms with Crippen molar-refractivity contribution in [3.05, 3.63) is 41.7 Å². The van der Waals surface area contributed by atoms with Crippen molar-refractivity contribution < 1.29 is 4.79 Å². The number of likely N-dealkylation sites (N-methyl/N-ethyl adjacent to an activating group) is 1. The van der Waals surface area contributed by atoms with Crippen LogP contribution in [0.5, 0.6) is 0 Å². The first-order valence-electron chi connectivity index (χ1n) is 7.98. The Balaban J connectivity index is 2.76. The third-order valence-corrected chi connectivity index (χ3v) is 3.79. The number of rotatable bonds is 8. The fourth-order valence-electron chi connectivity index (χ4n) is 2.33. The van der Waals surface area contributed by atoms with Crippen LogP contribution in [0.3, 0.4) is 0 Å². The lowest BCUT2D eigenvalue weighted by atomic mass is 10.0. The second-order valence-corrected chi connectivity index (χ2v) is 5.44. The first kappa shape index (κ1) is 17.4. The minimum atomic E-state index is -0.00914. The van der Waals surface area contributed by atoms with E-state index in [-0.39, 0.29) is 11.9 Å². The van der Waals surface area contributed by atoms with Gasteiger partial charge in [0.05, 0.1) is 11.7 Å². The lowest BCUT2D eigenvalue weighted by Gasteiger charge is -2.25. The van der Waals surface area contributed by atoms with Crippen molar-refractivity contribution in [1.29, 1.82) is 0 Å². The number of carbonyl (C=O) groups excluding carboxylic acids is 1. The summed E-state index contributed by atoms with van der Waals surface area (Å²) in [5, 5.41) is 0. The zero-order valence-electron chi connectivity index (χ0n) is 13.8. The number of nitrogens with zero attached hydrogens (tertiary/aromatic N) is 2. The Hall–Kier alpha value is -1.64. The molecule has 3 nitrogen and oxygen atoms in total. The largest absolute Gasteiger partial charge is 0.334 e. The van der Waals surface area contributed by atoms with Crippen molar-refractivity contribution >= 4 is 5.91 Å². The van der Waals surface area contributed by atoms with Gasteiger partial charge in [-0.2, -0.15) is 0 Å². The first-order chi connectivity index (χ1) is 10.1. The summed E-state index contributed by atoms with van der Waals surface area (Å²) >= 11 is 0. The Kier molecular flexibility index (Phi) is 7.73. The van der Waals surface area contributed by atoms with Crippen LogP contribution < -0.4 is 0 Å². The third-order valence-electron chi connectivity index (χ3n) is 3.79. The number of allylic oxidation sites excluding steroid dienone is 1. The molecule has 21 heavy (non-hydrogen) atoms. The van der Waals surface area contributed by atoms with E-state index < -0.39 is 0 Å². The fourth-order valence-corrected chi connectivity index (χ4v) is 2.33. The highest BCUT2D eigenvalue weighted by Crippen LogP contribution is 2.20. The summed E-state index contributed by atoms with van der Waals surface area (Å²) in [4.78, 5) is 18.8. The van der Waals surface area contributed by atoms with Gasteiger partial charge in [-0.25, -0.2) is 0 Å². The summed E-state index contributed by atoms with van der Waals surface area (Å²) in [5.41, 5.74) is 1.87. The molecule has 0 aliphatic heterocycles. The molecule has 0 bridgehead atoms. The number of pyridine rings is 1. The van der Waals surface area contributed by atoms with Crippen LogP contribution in [0.4, 0.5) is 0 Å². The predicted octanol–water partition coefficient (Wildman–Crippen LogP) is 4.52. The van der Waals surface area contributed by atoms with Gasteiger partial charge in [0.2, 0.25) is 5.91 Å². The van der Waals surface area contributed by atoms with Gasteiger partial charge in [0.1, 0.15) is 0 Å². The molecule has 1 rings (SSSR count). The van der Waals surface area contributed by atoms with Crippen molar-refractivity contribution in [2.45, 2.75) is 58.9 Å². The van der Waals surface area contributed by atoms with Gasteiger partial charge in [-0.3, -0.25) is 9.78 Å². The molecular weight excluding hydrogens is 260 g/mol. The molecule has 0 saturated carbocycles. The maximum absolute atomic E-state index is 12.7. The molecule has 116 valence electrons. The summed E-state index contributed by atoms with van der Waals surface area (Å²) in [6.07, 6.45) is 9.05. The van der Waals surface area contributed by atoms with Crippen LogP contribution in [-0.2, 0) is 4.79 Å². The van der Waals surface area contributed by atoms with Crippen molar-refractivity contribution in [2.24, 2.45) is 0 Å². The molecule has 0 radical (unpaired) electrons. The van der Waals surface area contributed by atoms with Crippen molar-refractivity contribution in [3.63, 3.8) is 0 Å². The molecule has 1 aromatic heterocycles. The van der Waals surface area contributed by atoms with E-state index in [1.54, 1.807) is 11.1 Å². The van der Waals surface area contributed by atoms with Crippen molar-refractivity contribution in [2.75, 3.05) is 7.05 Å². The number of aromatic nitrogens is 1. The molecule has 1 amide bonds. The van der Waals surface area contributed by atoms with Crippen molar-refractivity contribution in [3.8, 4) is 0 Å². The molecule has 0 aliphatic carbocycles. The molecule has 0 aromatic carbocycles. The SMILES string of the molecule is CCC=C(CCCCC)C(=O)N(C)C(C)c1ccccn1. The zero-order valence-corrected chi connectivity index (χ0v) is 13.8. The highest BCUT2D eigenvalue weighted by molar-refractivity contribution is 5.93. The van der Waals surface area contributed by atoms with Crippen LogP contribution in [-0.4, -0.2) is 22.8 Å². The molecule has 1 unspecified atom stereocenters. The average molecular weight is 288 g/mol. The molecule has 0 spiro atoms. The van der Waals surface area contributed by atoms with Crippen LogP contribution in [0, 0.1) is 0 Å². The lowest BCUT2D eigenvalue weighted by molar-refractivity contribution is -0.128. The molecule has 1 aromatic rings. The minimum absolute atomic E-state index is 0.00914. The predicted molar refractivity (Wildman–Crippen MR) is 87.9 cm³/mol. The maximum atomic E-state index is 12.7. The molecule has 0 fully saturated rings. The van der Waals surface area contributed by atoms with Gasteiger partial charge in [-0.1, -0.05) is 38.8 Å². The van der Waals surface area contributed by atoms with Gasteiger partial charge in [0, 0.05) is 18.8 Å². The zero-order chi connectivity index (χ0) is 15.7. The Morgan fingerprint density at radius 1 is 1.33 bits per heavy atom. The van der Waals surface area contributed by atoms with Crippen LogP contribution >= 0.6 is 0 Å². The molecule has 1 atom stereocenters. The van der Waals surface area contributed by atoms with E-state index in [0.717, 1.165) is 30.5 Å². The second kappa shape index (κ2) is 9.32. The number of hydrogen-bond acceptors (Lipinski definition) is 2. The molecule has 3 heteroatoms. The van der Waals surface area contributed by atoms with Gasteiger partial charge >= 0.3 is 0 Å². The van der Waals surface area contributed by atoms with E-state index in [2.05, 4.69) is 24.9 Å².